The first-order chi connectivity index (χ1) is 29.8. The minimum atomic E-state index is -1.60. The Balaban J connectivity index is 1.17. The van der Waals surface area contributed by atoms with Crippen molar-refractivity contribution in [2.75, 3.05) is 26.8 Å². The fourth-order valence-electron chi connectivity index (χ4n) is 9.48. The molecule has 1 saturated heterocycles. The number of allylic oxidation sites excluding steroid dienone is 2. The molecule has 9 rings (SSSR count). The van der Waals surface area contributed by atoms with Crippen LogP contribution in [-0.2, 0) is 41.6 Å². The van der Waals surface area contributed by atoms with E-state index in [2.05, 4.69) is 10.4 Å². The van der Waals surface area contributed by atoms with E-state index in [0.29, 0.717) is 50.0 Å². The van der Waals surface area contributed by atoms with Crippen LogP contribution in [0.2, 0.25) is 10.0 Å². The Morgan fingerprint density at radius 1 is 0.871 bits per heavy atom. The molecule has 2 fully saturated rings. The van der Waals surface area contributed by atoms with E-state index in [1.165, 1.54) is 53.5 Å². The molecule has 3 aliphatic rings. The zero-order valence-corrected chi connectivity index (χ0v) is 35.3. The minimum absolute atomic E-state index is 0.0139. The Bertz CT molecular complexity index is 3050. The third kappa shape index (κ3) is 6.10. The van der Waals surface area contributed by atoms with Gasteiger partial charge in [-0.1, -0.05) is 53.5 Å². The van der Waals surface area contributed by atoms with Crippen LogP contribution in [0.25, 0.3) is 11.0 Å². The lowest BCUT2D eigenvalue weighted by atomic mass is 9.53. The second-order valence-electron chi connectivity index (χ2n) is 15.4. The maximum Gasteiger partial charge on any atom is 0.347 e. The topological polar surface area (TPSA) is 181 Å². The van der Waals surface area contributed by atoms with Crippen LogP contribution in [0, 0.1) is 5.92 Å². The van der Waals surface area contributed by atoms with Crippen LogP contribution < -0.4 is 36.6 Å². The number of aromatic hydroxyl groups is 1. The van der Waals surface area contributed by atoms with Crippen molar-refractivity contribution in [3.8, 4) is 23.0 Å². The number of nitrogens with one attached hydrogen (secondary N) is 1. The van der Waals surface area contributed by atoms with Gasteiger partial charge in [-0.2, -0.15) is 5.01 Å². The van der Waals surface area contributed by atoms with Gasteiger partial charge >= 0.3 is 11.4 Å². The highest BCUT2D eigenvalue weighted by Crippen LogP contribution is 2.62. The van der Waals surface area contributed by atoms with Crippen molar-refractivity contribution in [1.29, 1.82) is 0 Å². The van der Waals surface area contributed by atoms with Gasteiger partial charge < -0.3 is 23.9 Å². The first-order valence-corrected chi connectivity index (χ1v) is 20.3. The van der Waals surface area contributed by atoms with Crippen molar-refractivity contribution in [1.82, 2.24) is 28.5 Å². The number of fused-ring (bicyclic) bond motifs is 5. The number of aromatic nitrogens is 5. The number of hydrazine groups is 1. The molecule has 0 bridgehead atoms. The van der Waals surface area contributed by atoms with Gasteiger partial charge in [0.15, 0.2) is 11.5 Å². The summed E-state index contributed by atoms with van der Waals surface area (Å²) < 4.78 is 21.5. The number of nitrogens with zero attached hydrogens (tertiary/aromatic N) is 6. The Labute approximate surface area is 362 Å². The Morgan fingerprint density at radius 3 is 2.26 bits per heavy atom. The van der Waals surface area contributed by atoms with Gasteiger partial charge in [0, 0.05) is 43.1 Å². The molecule has 318 valence electrons. The lowest BCUT2D eigenvalue weighted by molar-refractivity contribution is -0.138. The van der Waals surface area contributed by atoms with E-state index < -0.39 is 52.0 Å². The molecule has 16 nitrogen and oxygen atoms in total. The standard InChI is InChI=1S/C44H39Cl2N7O9/c1-49-35-22-37(62-4)36(61-3)21-33(35)47-32(40(49)56)16-17-50-42(58)51-18-15-28-34(53(51)43(50)59)20-29-39(55)52(48-31-14-9-25(45)19-30(31)46)41(57)44(29,24-7-12-27(60-2)13-8-24)38(28)23-5-10-26(54)11-6-23/h5-15,19,21-22,29,34,38,48,54H,16-18,20H2,1-4H3/t29-,34+,38-,44+/m0/s1. The fraction of sp³-hybridized carbons (Fsp3) is 0.273. The summed E-state index contributed by atoms with van der Waals surface area (Å²) in [5, 5.41) is 11.9. The van der Waals surface area contributed by atoms with Crippen LogP contribution in [0.1, 0.15) is 35.2 Å². The number of carbonyl (C=O) groups excluding carboxylic acids is 2. The number of aryl methyl sites for hydroxylation is 2. The van der Waals surface area contributed by atoms with Crippen LogP contribution in [0.4, 0.5) is 5.69 Å². The first kappa shape index (κ1) is 40.6. The molecule has 4 atom stereocenters. The number of halogens is 2. The van der Waals surface area contributed by atoms with E-state index in [0.717, 1.165) is 9.58 Å². The van der Waals surface area contributed by atoms with Crippen molar-refractivity contribution in [3.63, 3.8) is 0 Å². The number of rotatable bonds is 10. The lowest BCUT2D eigenvalue weighted by Crippen LogP contribution is -2.53. The number of hydrogen-bond donors (Lipinski definition) is 2. The molecule has 2 aliphatic heterocycles. The molecule has 18 heteroatoms. The summed E-state index contributed by atoms with van der Waals surface area (Å²) in [5.41, 5.74) is 2.76. The zero-order chi connectivity index (χ0) is 43.8. The van der Waals surface area contributed by atoms with Crippen LogP contribution in [-0.4, -0.2) is 66.7 Å². The van der Waals surface area contributed by atoms with Gasteiger partial charge in [0.25, 0.3) is 17.4 Å². The van der Waals surface area contributed by atoms with Gasteiger partial charge in [0.1, 0.15) is 17.2 Å². The Kier molecular flexibility index (Phi) is 10.0. The molecule has 4 aromatic carbocycles. The molecular formula is C44H39Cl2N7O9. The van der Waals surface area contributed by atoms with Crippen molar-refractivity contribution in [3.05, 3.63) is 149 Å². The maximum atomic E-state index is 15.4. The number of methoxy groups -OCH3 is 3. The smallest absolute Gasteiger partial charge is 0.347 e. The number of anilines is 1. The van der Waals surface area contributed by atoms with E-state index in [9.17, 15) is 24.3 Å². The average Bonchev–Trinajstić information content (AvgIpc) is 3.65. The van der Waals surface area contributed by atoms with Gasteiger partial charge in [0.2, 0.25) is 0 Å². The second kappa shape index (κ2) is 15.3. The average molecular weight is 881 g/mol. The van der Waals surface area contributed by atoms with Crippen LogP contribution in [0.15, 0.2) is 105 Å². The predicted octanol–water partition coefficient (Wildman–Crippen LogP) is 4.96. The largest absolute Gasteiger partial charge is 0.508 e. The summed E-state index contributed by atoms with van der Waals surface area (Å²) in [5.74, 6) is -1.79. The molecule has 0 radical (unpaired) electrons. The molecule has 2 aromatic heterocycles. The second-order valence-corrected chi connectivity index (χ2v) is 16.2. The quantitative estimate of drug-likeness (QED) is 0.140. The molecule has 1 saturated carbocycles. The van der Waals surface area contributed by atoms with E-state index in [1.54, 1.807) is 67.7 Å². The van der Waals surface area contributed by atoms with E-state index >= 15 is 4.79 Å². The van der Waals surface area contributed by atoms with Gasteiger partial charge in [0.05, 0.1) is 67.0 Å². The molecule has 4 heterocycles. The molecule has 0 unspecified atom stereocenters. The predicted molar refractivity (Wildman–Crippen MR) is 229 cm³/mol. The number of carbonyl (C=O) groups is 2. The summed E-state index contributed by atoms with van der Waals surface area (Å²) in [6, 6.07) is 20.4. The summed E-state index contributed by atoms with van der Waals surface area (Å²) in [4.78, 5) is 77.4. The number of phenols is 1. The van der Waals surface area contributed by atoms with Crippen molar-refractivity contribution >= 4 is 51.7 Å². The lowest BCUT2D eigenvalue weighted by Gasteiger charge is -2.49. The summed E-state index contributed by atoms with van der Waals surface area (Å²) >= 11 is 12.7. The highest BCUT2D eigenvalue weighted by molar-refractivity contribution is 6.36. The van der Waals surface area contributed by atoms with E-state index in [1.807, 2.05) is 6.08 Å². The van der Waals surface area contributed by atoms with Crippen LogP contribution in [0.5, 0.6) is 23.0 Å². The monoisotopic (exact) mass is 879 g/mol. The van der Waals surface area contributed by atoms with Gasteiger partial charge in [-0.25, -0.2) is 28.5 Å². The number of phenolic OH excluding ortho intramolecular Hbond substituents is 1. The summed E-state index contributed by atoms with van der Waals surface area (Å²) in [6.07, 6.45) is 1.73. The van der Waals surface area contributed by atoms with Gasteiger partial charge in [-0.05, 0) is 65.6 Å². The molecule has 6 aromatic rings. The highest BCUT2D eigenvalue weighted by Gasteiger charge is 2.68. The fourth-order valence-corrected chi connectivity index (χ4v) is 9.93. The first-order valence-electron chi connectivity index (χ1n) is 19.6. The molecule has 2 N–H and O–H groups in total. The zero-order valence-electron chi connectivity index (χ0n) is 33.8. The highest BCUT2D eigenvalue weighted by atomic mass is 35.5. The Hall–Kier alpha value is -6.78. The third-order valence-corrected chi connectivity index (χ3v) is 12.9. The summed E-state index contributed by atoms with van der Waals surface area (Å²) in [7, 11) is 6.10. The SMILES string of the molecule is COc1ccc([C@@]23C(=O)N(Nc4ccc(Cl)cc4Cl)C(=O)[C@@H]2C[C@@H]2C(=CCn4c(=O)n(CCc5nc6cc(OC)c(OC)cc6n(C)c5=O)c(=O)n42)[C@@H]3c2ccc(O)cc2)cc1. The van der Waals surface area contributed by atoms with Gasteiger partial charge in [-0.15, -0.1) is 0 Å². The van der Waals surface area contributed by atoms with E-state index in [4.69, 9.17) is 37.4 Å². The minimum Gasteiger partial charge on any atom is -0.508 e. The number of benzene rings is 4. The normalized spacial score (nSPS) is 20.4. The van der Waals surface area contributed by atoms with Crippen molar-refractivity contribution in [2.24, 2.45) is 13.0 Å². The van der Waals surface area contributed by atoms with Crippen LogP contribution >= 0.6 is 23.2 Å². The Morgan fingerprint density at radius 2 is 1.58 bits per heavy atom. The third-order valence-electron chi connectivity index (χ3n) is 12.4. The summed E-state index contributed by atoms with van der Waals surface area (Å²) in [6.45, 7) is -0.210. The number of amides is 2. The molecular weight excluding hydrogens is 841 g/mol. The molecule has 2 amide bonds. The van der Waals surface area contributed by atoms with E-state index in [-0.39, 0.29) is 48.1 Å². The molecule has 62 heavy (non-hydrogen) atoms. The maximum absolute atomic E-state index is 15.4. The number of ether oxygens (including phenoxy) is 3. The molecule has 1 aliphatic carbocycles. The van der Waals surface area contributed by atoms with Gasteiger partial charge in [-0.3, -0.25) is 19.8 Å². The van der Waals surface area contributed by atoms with Crippen LogP contribution in [0.3, 0.4) is 0 Å². The van der Waals surface area contributed by atoms with Crippen molar-refractivity contribution in [2.45, 2.75) is 43.3 Å². The van der Waals surface area contributed by atoms with Crippen molar-refractivity contribution < 1.29 is 28.9 Å². The molecule has 0 spiro atoms. The number of hydrogen-bond acceptors (Lipinski definition) is 11. The number of imide groups is 1.